The van der Waals surface area contributed by atoms with E-state index in [1.165, 1.54) is 15.8 Å². The highest BCUT2D eigenvalue weighted by Crippen LogP contribution is 2.47. The van der Waals surface area contributed by atoms with E-state index in [0.29, 0.717) is 29.7 Å². The first-order valence-corrected chi connectivity index (χ1v) is 14.2. The van der Waals surface area contributed by atoms with E-state index >= 15 is 4.39 Å². The van der Waals surface area contributed by atoms with E-state index in [-0.39, 0.29) is 55.3 Å². The number of fused-ring (bicyclic) bond motifs is 3. The number of carbonyl (C=O) groups excluding carboxylic acids is 1. The van der Waals surface area contributed by atoms with Crippen molar-refractivity contribution < 1.29 is 31.5 Å². The van der Waals surface area contributed by atoms with Gasteiger partial charge in [-0.25, -0.2) is 8.78 Å². The summed E-state index contributed by atoms with van der Waals surface area (Å²) in [5.74, 6) is -0.399. The summed E-state index contributed by atoms with van der Waals surface area (Å²) >= 11 is 0. The summed E-state index contributed by atoms with van der Waals surface area (Å²) in [7, 11) is 1.64. The summed E-state index contributed by atoms with van der Waals surface area (Å²) in [5, 5.41) is 7.69. The Balaban J connectivity index is 1.21. The second kappa shape index (κ2) is 9.84. The van der Waals surface area contributed by atoms with Crippen molar-refractivity contribution in [3.63, 3.8) is 0 Å². The minimum atomic E-state index is -4.66. The van der Waals surface area contributed by atoms with Crippen molar-refractivity contribution in [3.8, 4) is 0 Å². The van der Waals surface area contributed by atoms with Crippen LogP contribution < -0.4 is 4.90 Å². The van der Waals surface area contributed by atoms with Crippen molar-refractivity contribution in [1.82, 2.24) is 19.7 Å². The lowest BCUT2D eigenvalue weighted by Crippen LogP contribution is -2.50. The second-order valence-corrected chi connectivity index (χ2v) is 12.0. The van der Waals surface area contributed by atoms with E-state index in [0.717, 1.165) is 18.9 Å². The third-order valence-electron chi connectivity index (χ3n) is 9.51. The fraction of sp³-hybridized carbons (Fsp3) is 0.500. The van der Waals surface area contributed by atoms with E-state index < -0.39 is 35.4 Å². The lowest BCUT2D eigenvalue weighted by atomic mass is 9.74. The summed E-state index contributed by atoms with van der Waals surface area (Å²) in [6, 6.07) is 9.40. The fourth-order valence-electron chi connectivity index (χ4n) is 7.23. The Kier molecular flexibility index (Phi) is 6.43. The number of piperidine rings is 1. The fourth-order valence-corrected chi connectivity index (χ4v) is 7.23. The first kappa shape index (κ1) is 27.5. The van der Waals surface area contributed by atoms with E-state index in [9.17, 15) is 22.4 Å². The predicted molar refractivity (Wildman–Crippen MR) is 142 cm³/mol. The topological polar surface area (TPSA) is 63.5 Å². The van der Waals surface area contributed by atoms with Crippen LogP contribution in [-0.4, -0.2) is 57.0 Å². The molecule has 1 amide bonds. The van der Waals surface area contributed by atoms with Crippen molar-refractivity contribution >= 4 is 11.6 Å². The Morgan fingerprint density at radius 3 is 2.48 bits per heavy atom. The second-order valence-electron chi connectivity index (χ2n) is 12.0. The van der Waals surface area contributed by atoms with Crippen LogP contribution >= 0.6 is 0 Å². The van der Waals surface area contributed by atoms with Gasteiger partial charge in [-0.3, -0.25) is 9.69 Å². The average Bonchev–Trinajstić information content (AvgIpc) is 3.56. The summed E-state index contributed by atoms with van der Waals surface area (Å²) in [6.07, 6.45) is -3.24. The molecule has 5 heterocycles. The molecule has 42 heavy (non-hydrogen) atoms. The highest BCUT2D eigenvalue weighted by molar-refractivity contribution is 6.10. The normalized spacial score (nSPS) is 25.9. The molecule has 3 atom stereocenters. The van der Waals surface area contributed by atoms with Gasteiger partial charge in [-0.1, -0.05) is 12.1 Å². The van der Waals surface area contributed by atoms with Crippen molar-refractivity contribution in [2.75, 3.05) is 18.1 Å². The van der Waals surface area contributed by atoms with Crippen molar-refractivity contribution in [2.45, 2.75) is 74.8 Å². The van der Waals surface area contributed by atoms with Gasteiger partial charge in [-0.15, -0.1) is 10.2 Å². The van der Waals surface area contributed by atoms with Crippen LogP contribution in [0.4, 0.5) is 27.6 Å². The van der Waals surface area contributed by atoms with Gasteiger partial charge in [0.15, 0.2) is 12.0 Å². The first-order valence-electron chi connectivity index (χ1n) is 14.2. The van der Waals surface area contributed by atoms with Crippen LogP contribution in [0.2, 0.25) is 0 Å². The Labute approximate surface area is 239 Å². The molecule has 0 unspecified atom stereocenters. The number of amides is 1. The SMILES string of the molecule is Cn1cnnc1[C@H](F)C1(c2cccc(N3Cc4c(cc(CN5[C@H]6CC[C@H]5CC(F)C6)cc4C(F)(F)F)C3=O)c2)COC1. The maximum atomic E-state index is 15.9. The van der Waals surface area contributed by atoms with Gasteiger partial charge in [0.05, 0.1) is 30.7 Å². The average molecular weight is 588 g/mol. The number of anilines is 1. The molecule has 0 spiro atoms. The molecule has 3 saturated heterocycles. The van der Waals surface area contributed by atoms with E-state index in [2.05, 4.69) is 15.1 Å². The molecular formula is C30H30F5N5O2. The minimum Gasteiger partial charge on any atom is -0.379 e. The zero-order chi connectivity index (χ0) is 29.4. The van der Waals surface area contributed by atoms with Gasteiger partial charge in [0, 0.05) is 36.9 Å². The number of aromatic nitrogens is 3. The van der Waals surface area contributed by atoms with Gasteiger partial charge in [-0.05, 0) is 66.6 Å². The number of hydrogen-bond donors (Lipinski definition) is 0. The zero-order valence-electron chi connectivity index (χ0n) is 23.0. The van der Waals surface area contributed by atoms with Crippen molar-refractivity contribution in [2.24, 2.45) is 7.05 Å². The van der Waals surface area contributed by atoms with E-state index in [1.54, 1.807) is 37.4 Å². The number of nitrogens with zero attached hydrogens (tertiary/aromatic N) is 5. The molecule has 1 aromatic heterocycles. The van der Waals surface area contributed by atoms with Crippen LogP contribution in [0.25, 0.3) is 0 Å². The van der Waals surface area contributed by atoms with Crippen molar-refractivity contribution in [3.05, 3.63) is 76.4 Å². The molecule has 0 N–H and O–H groups in total. The standard InChI is InChI=1S/C30H30F5N5O2/c1-38-16-36-37-27(38)26(32)29(14-42-15-29)18-3-2-4-20(9-18)40-13-24-23(28(40)41)7-17(8-25(24)30(33,34)35)12-39-21-5-6-22(39)11-19(31)10-21/h2-4,7-9,16,19,21-22,26H,5-6,10-15H2,1H3/t21-,22-,26-/m0/s1. The molecule has 4 aliphatic rings. The van der Waals surface area contributed by atoms with Gasteiger partial charge in [0.2, 0.25) is 0 Å². The molecule has 7 nitrogen and oxygen atoms in total. The van der Waals surface area contributed by atoms with Crippen LogP contribution in [0.1, 0.15) is 70.3 Å². The third kappa shape index (κ3) is 4.33. The van der Waals surface area contributed by atoms with Gasteiger partial charge >= 0.3 is 6.18 Å². The third-order valence-corrected chi connectivity index (χ3v) is 9.51. The maximum Gasteiger partial charge on any atom is 0.416 e. The van der Waals surface area contributed by atoms with Crippen LogP contribution in [0.3, 0.4) is 0 Å². The molecule has 0 radical (unpaired) electrons. The van der Waals surface area contributed by atoms with Gasteiger partial charge in [-0.2, -0.15) is 13.2 Å². The van der Waals surface area contributed by atoms with Crippen LogP contribution in [0, 0.1) is 0 Å². The number of carbonyl (C=O) groups is 1. The summed E-state index contributed by atoms with van der Waals surface area (Å²) in [5.41, 5.74) is -0.614. The summed E-state index contributed by atoms with van der Waals surface area (Å²) in [6.45, 7) is 0.157. The number of aryl methyl sites for hydroxylation is 1. The quantitative estimate of drug-likeness (QED) is 0.360. The number of halogens is 5. The number of benzene rings is 2. The minimum absolute atomic E-state index is 0.0000336. The van der Waals surface area contributed by atoms with E-state index in [4.69, 9.17) is 4.74 Å². The van der Waals surface area contributed by atoms with Gasteiger partial charge in [0.25, 0.3) is 5.91 Å². The lowest BCUT2D eigenvalue weighted by molar-refractivity contribution is -0.138. The molecule has 3 aromatic rings. The smallest absolute Gasteiger partial charge is 0.379 e. The van der Waals surface area contributed by atoms with Gasteiger partial charge < -0.3 is 14.2 Å². The number of alkyl halides is 5. The molecular weight excluding hydrogens is 557 g/mol. The zero-order valence-corrected chi connectivity index (χ0v) is 23.0. The summed E-state index contributed by atoms with van der Waals surface area (Å²) < 4.78 is 79.9. The number of rotatable bonds is 6. The molecule has 2 bridgehead atoms. The molecule has 2 aromatic carbocycles. The first-order chi connectivity index (χ1) is 20.0. The monoisotopic (exact) mass is 587 g/mol. The van der Waals surface area contributed by atoms with Crippen LogP contribution in [0.5, 0.6) is 0 Å². The molecule has 0 aliphatic carbocycles. The highest BCUT2D eigenvalue weighted by atomic mass is 19.4. The highest BCUT2D eigenvalue weighted by Gasteiger charge is 2.51. The molecule has 3 fully saturated rings. The maximum absolute atomic E-state index is 15.9. The van der Waals surface area contributed by atoms with E-state index in [1.807, 2.05) is 0 Å². The number of ether oxygens (including phenoxy) is 1. The predicted octanol–water partition coefficient (Wildman–Crippen LogP) is 5.44. The molecule has 222 valence electrons. The molecule has 4 aliphatic heterocycles. The lowest BCUT2D eigenvalue weighted by Gasteiger charge is -2.43. The summed E-state index contributed by atoms with van der Waals surface area (Å²) in [4.78, 5) is 17.1. The van der Waals surface area contributed by atoms with Crippen LogP contribution in [-0.2, 0) is 36.5 Å². The molecule has 12 heteroatoms. The number of hydrogen-bond acceptors (Lipinski definition) is 5. The Morgan fingerprint density at radius 1 is 1.12 bits per heavy atom. The Hall–Kier alpha value is -3.38. The Morgan fingerprint density at radius 2 is 1.86 bits per heavy atom. The van der Waals surface area contributed by atoms with Gasteiger partial charge in [0.1, 0.15) is 12.5 Å². The van der Waals surface area contributed by atoms with Crippen LogP contribution in [0.15, 0.2) is 42.7 Å². The molecule has 0 saturated carbocycles. The molecule has 7 rings (SSSR count). The Bertz CT molecular complexity index is 1520. The largest absolute Gasteiger partial charge is 0.416 e. The van der Waals surface area contributed by atoms with Crippen molar-refractivity contribution in [1.29, 1.82) is 0 Å².